The standard InChI is InChI=1S/C38H49N5O5S2/c1-25(2)35(42-37(46)43(5)21-30-23-49-36(40-30)26(3)4)34(45)19-29(16-27-12-8-6-9-13-27)18-33(44)32(17-28-14-10-7-11-15-28)41-38(47)48-22-31-20-39-24-50-31/h6-15,20,23-26,29,32-33,35,44H,16-19,21-22H2,1-5H3,(H,41,47)(H,42,46)/t29-,32?,33-,35-/m0/s1. The Labute approximate surface area is 303 Å². The first-order valence-electron chi connectivity index (χ1n) is 17.0. The maximum absolute atomic E-state index is 14.0. The highest BCUT2D eigenvalue weighted by molar-refractivity contribution is 7.09. The van der Waals surface area contributed by atoms with Gasteiger partial charge in [-0.25, -0.2) is 14.6 Å². The maximum Gasteiger partial charge on any atom is 0.407 e. The van der Waals surface area contributed by atoms with Crippen LogP contribution in [0.5, 0.6) is 0 Å². The molecule has 0 aliphatic carbocycles. The molecule has 0 spiro atoms. The summed E-state index contributed by atoms with van der Waals surface area (Å²) >= 11 is 2.97. The number of Topliss-reactive ketones (excluding diaryl/α,β-unsaturated/α-hetero) is 1. The van der Waals surface area contributed by atoms with Gasteiger partial charge in [-0.3, -0.25) is 9.78 Å². The molecule has 0 aliphatic rings. The van der Waals surface area contributed by atoms with Crippen LogP contribution in [0.25, 0.3) is 0 Å². The monoisotopic (exact) mass is 719 g/mol. The molecule has 1 unspecified atom stereocenters. The van der Waals surface area contributed by atoms with E-state index in [-0.39, 0.29) is 43.1 Å². The van der Waals surface area contributed by atoms with Crippen molar-refractivity contribution in [1.82, 2.24) is 25.5 Å². The number of nitrogens with one attached hydrogen (secondary N) is 2. The fourth-order valence-corrected chi connectivity index (χ4v) is 7.07. The summed E-state index contributed by atoms with van der Waals surface area (Å²) in [6, 6.07) is 17.7. The zero-order chi connectivity index (χ0) is 36.0. The van der Waals surface area contributed by atoms with E-state index in [1.807, 2.05) is 79.9 Å². The molecule has 0 radical (unpaired) electrons. The van der Waals surface area contributed by atoms with Crippen LogP contribution in [0.3, 0.4) is 0 Å². The van der Waals surface area contributed by atoms with Crippen molar-refractivity contribution in [1.29, 1.82) is 0 Å². The molecule has 0 saturated carbocycles. The van der Waals surface area contributed by atoms with Gasteiger partial charge in [-0.15, -0.1) is 22.7 Å². The zero-order valence-electron chi connectivity index (χ0n) is 29.5. The van der Waals surface area contributed by atoms with E-state index >= 15 is 0 Å². The molecule has 10 nitrogen and oxygen atoms in total. The number of ketones is 1. The number of aromatic nitrogens is 2. The highest BCUT2D eigenvalue weighted by Gasteiger charge is 2.31. The molecular weight excluding hydrogens is 671 g/mol. The lowest BCUT2D eigenvalue weighted by Gasteiger charge is -2.29. The Morgan fingerprint density at radius 3 is 2.16 bits per heavy atom. The minimum Gasteiger partial charge on any atom is -0.444 e. The number of hydrogen-bond acceptors (Lipinski definition) is 9. The van der Waals surface area contributed by atoms with Crippen molar-refractivity contribution in [2.45, 2.75) is 90.6 Å². The molecule has 2 heterocycles. The summed E-state index contributed by atoms with van der Waals surface area (Å²) in [5.41, 5.74) is 4.46. The van der Waals surface area contributed by atoms with Gasteiger partial charge in [0.1, 0.15) is 6.61 Å². The number of urea groups is 1. The van der Waals surface area contributed by atoms with Gasteiger partial charge < -0.3 is 25.4 Å². The summed E-state index contributed by atoms with van der Waals surface area (Å²) < 4.78 is 5.44. The fourth-order valence-electron chi connectivity index (χ4n) is 5.74. The number of thiazole rings is 2. The SMILES string of the molecule is CC(C)c1nc(CN(C)C(=O)N[C@H](C(=O)C[C@@H](Cc2ccccc2)C[C@H](O)C(Cc2ccccc2)NC(=O)OCc2cncs2)C(C)C)cs1. The number of rotatable bonds is 18. The largest absolute Gasteiger partial charge is 0.444 e. The van der Waals surface area contributed by atoms with Crippen molar-refractivity contribution in [3.63, 3.8) is 0 Å². The lowest BCUT2D eigenvalue weighted by Crippen LogP contribution is -2.49. The maximum atomic E-state index is 14.0. The average Bonchev–Trinajstić information content (AvgIpc) is 3.79. The van der Waals surface area contributed by atoms with E-state index in [4.69, 9.17) is 4.74 Å². The number of nitrogens with zero attached hydrogens (tertiary/aromatic N) is 3. The molecule has 268 valence electrons. The summed E-state index contributed by atoms with van der Waals surface area (Å²) in [5.74, 6) is -0.226. The van der Waals surface area contributed by atoms with Crippen molar-refractivity contribution in [2.24, 2.45) is 11.8 Å². The Morgan fingerprint density at radius 1 is 0.920 bits per heavy atom. The number of aliphatic hydroxyl groups excluding tert-OH is 1. The van der Waals surface area contributed by atoms with Crippen LogP contribution >= 0.6 is 22.7 Å². The van der Waals surface area contributed by atoms with Gasteiger partial charge in [0.2, 0.25) is 0 Å². The van der Waals surface area contributed by atoms with Crippen LogP contribution in [0.4, 0.5) is 9.59 Å². The predicted octanol–water partition coefficient (Wildman–Crippen LogP) is 7.00. The Morgan fingerprint density at radius 2 is 1.58 bits per heavy atom. The van der Waals surface area contributed by atoms with Crippen molar-refractivity contribution >= 4 is 40.6 Å². The van der Waals surface area contributed by atoms with Crippen molar-refractivity contribution in [2.75, 3.05) is 7.05 Å². The zero-order valence-corrected chi connectivity index (χ0v) is 31.1. The van der Waals surface area contributed by atoms with Gasteiger partial charge in [0, 0.05) is 31.0 Å². The lowest BCUT2D eigenvalue weighted by atomic mass is 9.84. The summed E-state index contributed by atoms with van der Waals surface area (Å²) in [4.78, 5) is 51.2. The van der Waals surface area contributed by atoms with Gasteiger partial charge in [-0.2, -0.15) is 0 Å². The predicted molar refractivity (Wildman–Crippen MR) is 198 cm³/mol. The number of carbonyl (C=O) groups excluding carboxylic acids is 3. The number of aliphatic hydroxyl groups is 1. The smallest absolute Gasteiger partial charge is 0.407 e. The van der Waals surface area contributed by atoms with Crippen LogP contribution in [-0.2, 0) is 35.5 Å². The molecule has 0 aliphatic heterocycles. The molecule has 3 amide bonds. The van der Waals surface area contributed by atoms with Crippen LogP contribution in [-0.4, -0.2) is 63.1 Å². The van der Waals surface area contributed by atoms with Gasteiger partial charge >= 0.3 is 12.1 Å². The number of ether oxygens (including phenoxy) is 1. The van der Waals surface area contributed by atoms with Crippen LogP contribution in [0.2, 0.25) is 0 Å². The van der Waals surface area contributed by atoms with E-state index in [0.717, 1.165) is 26.7 Å². The number of carbonyl (C=O) groups is 3. The summed E-state index contributed by atoms with van der Waals surface area (Å²) in [5, 5.41) is 20.5. The van der Waals surface area contributed by atoms with Crippen LogP contribution in [0, 0.1) is 11.8 Å². The molecule has 4 atom stereocenters. The summed E-state index contributed by atoms with van der Waals surface area (Å²) in [6.07, 6.45) is 1.31. The van der Waals surface area contributed by atoms with Crippen LogP contribution in [0.15, 0.2) is 77.8 Å². The molecule has 2 aromatic heterocycles. The molecule has 0 bridgehead atoms. The summed E-state index contributed by atoms with van der Waals surface area (Å²) in [6.45, 7) is 8.41. The Hall–Kier alpha value is -4.13. The lowest BCUT2D eigenvalue weighted by molar-refractivity contribution is -0.123. The van der Waals surface area contributed by atoms with Gasteiger partial charge in [-0.05, 0) is 42.2 Å². The fraction of sp³-hybridized carbons (Fsp3) is 0.447. The number of benzene rings is 2. The molecule has 12 heteroatoms. The first-order valence-corrected chi connectivity index (χ1v) is 18.8. The third-order valence-electron chi connectivity index (χ3n) is 8.43. The van der Waals surface area contributed by atoms with E-state index in [1.54, 1.807) is 35.0 Å². The van der Waals surface area contributed by atoms with Crippen molar-refractivity contribution in [3.05, 3.63) is 104 Å². The Kier molecular flexibility index (Phi) is 14.9. The van der Waals surface area contributed by atoms with E-state index in [0.29, 0.717) is 25.3 Å². The quantitative estimate of drug-likeness (QED) is 0.101. The molecule has 4 aromatic rings. The second kappa shape index (κ2) is 19.3. The molecule has 0 saturated heterocycles. The Bertz CT molecular complexity index is 1610. The first-order chi connectivity index (χ1) is 24.0. The number of hydrogen-bond donors (Lipinski definition) is 3. The average molecular weight is 720 g/mol. The van der Waals surface area contributed by atoms with E-state index in [2.05, 4.69) is 34.4 Å². The second-order valence-corrected chi connectivity index (χ2v) is 15.2. The van der Waals surface area contributed by atoms with Crippen molar-refractivity contribution in [3.8, 4) is 0 Å². The topological polar surface area (TPSA) is 134 Å². The summed E-state index contributed by atoms with van der Waals surface area (Å²) in [7, 11) is 1.70. The third-order valence-corrected chi connectivity index (χ3v) is 10.4. The van der Waals surface area contributed by atoms with Crippen molar-refractivity contribution < 1.29 is 24.2 Å². The minimum absolute atomic E-state index is 0.0794. The molecular formula is C38H49N5O5S2. The van der Waals surface area contributed by atoms with Gasteiger partial charge in [0.05, 0.1) is 45.8 Å². The minimum atomic E-state index is -0.986. The molecule has 2 aromatic carbocycles. The van der Waals surface area contributed by atoms with Crippen LogP contribution < -0.4 is 10.6 Å². The Balaban J connectivity index is 1.46. The molecule has 0 fully saturated rings. The molecule has 4 rings (SSSR count). The second-order valence-electron chi connectivity index (χ2n) is 13.4. The van der Waals surface area contributed by atoms with E-state index < -0.39 is 24.3 Å². The highest BCUT2D eigenvalue weighted by atomic mass is 32.1. The van der Waals surface area contributed by atoms with E-state index in [9.17, 15) is 19.5 Å². The van der Waals surface area contributed by atoms with Gasteiger partial charge in [0.25, 0.3) is 0 Å². The van der Waals surface area contributed by atoms with E-state index in [1.165, 1.54) is 11.3 Å². The molecule has 3 N–H and O–H groups in total. The third kappa shape index (κ3) is 12.3. The van der Waals surface area contributed by atoms with Crippen LogP contribution in [0.1, 0.15) is 73.2 Å². The van der Waals surface area contributed by atoms with Gasteiger partial charge in [0.15, 0.2) is 5.78 Å². The number of amides is 3. The highest BCUT2D eigenvalue weighted by Crippen LogP contribution is 2.24. The normalized spacial score (nSPS) is 13.8. The first kappa shape index (κ1) is 38.7. The molecule has 50 heavy (non-hydrogen) atoms. The van der Waals surface area contributed by atoms with Gasteiger partial charge in [-0.1, -0.05) is 88.4 Å². The number of alkyl carbamates (subject to hydrolysis) is 1.